The van der Waals surface area contributed by atoms with Crippen molar-refractivity contribution in [2.45, 2.75) is 19.4 Å². The zero-order valence-corrected chi connectivity index (χ0v) is 10.2. The highest BCUT2D eigenvalue weighted by Gasteiger charge is 2.22. The topological polar surface area (TPSA) is 72.4 Å². The number of halogens is 1. The van der Waals surface area contributed by atoms with Crippen molar-refractivity contribution in [3.05, 3.63) is 29.6 Å². The number of amides is 1. The van der Waals surface area contributed by atoms with Crippen LogP contribution in [0.15, 0.2) is 18.2 Å². The number of primary amides is 1. The van der Waals surface area contributed by atoms with Gasteiger partial charge in [0.1, 0.15) is 5.82 Å². The molecule has 1 amide bonds. The molecule has 0 aromatic heterocycles. The number of anilines is 1. The van der Waals surface area contributed by atoms with Gasteiger partial charge in [-0.15, -0.1) is 0 Å². The Kier molecular flexibility index (Phi) is 3.81. The second-order valence-corrected chi connectivity index (χ2v) is 4.85. The molecule has 5 heteroatoms. The number of carbonyl (C=O) groups excluding carboxylic acids is 1. The lowest BCUT2D eigenvalue weighted by atomic mass is 9.96. The Balaban J connectivity index is 1.93. The van der Waals surface area contributed by atoms with Crippen molar-refractivity contribution < 1.29 is 9.18 Å². The van der Waals surface area contributed by atoms with Crippen molar-refractivity contribution in [2.75, 3.05) is 18.8 Å². The first-order valence-electron chi connectivity index (χ1n) is 6.11. The number of nitrogen functional groups attached to an aromatic ring is 1. The summed E-state index contributed by atoms with van der Waals surface area (Å²) in [5.74, 6) is -0.541. The van der Waals surface area contributed by atoms with Crippen molar-refractivity contribution >= 4 is 11.6 Å². The number of rotatable bonds is 3. The molecule has 1 heterocycles. The van der Waals surface area contributed by atoms with Crippen LogP contribution in [0.25, 0.3) is 0 Å². The molecular weight excluding hydrogens is 233 g/mol. The van der Waals surface area contributed by atoms with Gasteiger partial charge >= 0.3 is 0 Å². The fourth-order valence-electron chi connectivity index (χ4n) is 2.40. The molecule has 4 N–H and O–H groups in total. The molecule has 1 fully saturated rings. The first-order chi connectivity index (χ1) is 8.54. The molecule has 2 rings (SSSR count). The lowest BCUT2D eigenvalue weighted by Gasteiger charge is -2.30. The third kappa shape index (κ3) is 3.20. The maximum Gasteiger partial charge on any atom is 0.220 e. The first-order valence-corrected chi connectivity index (χ1v) is 6.11. The summed E-state index contributed by atoms with van der Waals surface area (Å²) >= 11 is 0. The van der Waals surface area contributed by atoms with Gasteiger partial charge in [0.15, 0.2) is 0 Å². The van der Waals surface area contributed by atoms with Crippen LogP contribution in [-0.4, -0.2) is 23.9 Å². The van der Waals surface area contributed by atoms with E-state index in [1.54, 1.807) is 6.07 Å². The summed E-state index contributed by atoms with van der Waals surface area (Å²) in [5, 5.41) is 0. The van der Waals surface area contributed by atoms with Crippen LogP contribution in [0.2, 0.25) is 0 Å². The summed E-state index contributed by atoms with van der Waals surface area (Å²) in [7, 11) is 0. The highest BCUT2D eigenvalue weighted by Crippen LogP contribution is 2.20. The van der Waals surface area contributed by atoms with Gasteiger partial charge in [0.25, 0.3) is 0 Å². The molecule has 98 valence electrons. The minimum Gasteiger partial charge on any atom is -0.399 e. The average molecular weight is 251 g/mol. The summed E-state index contributed by atoms with van der Waals surface area (Å²) in [6.45, 7) is 2.28. The average Bonchev–Trinajstić information content (AvgIpc) is 2.28. The third-order valence-electron chi connectivity index (χ3n) is 3.38. The molecule has 1 aliphatic heterocycles. The molecule has 1 aromatic carbocycles. The van der Waals surface area contributed by atoms with Crippen LogP contribution >= 0.6 is 0 Å². The van der Waals surface area contributed by atoms with Crippen LogP contribution in [0, 0.1) is 11.7 Å². The maximum absolute atomic E-state index is 13.2. The van der Waals surface area contributed by atoms with Gasteiger partial charge in [-0.25, -0.2) is 4.39 Å². The monoisotopic (exact) mass is 251 g/mol. The summed E-state index contributed by atoms with van der Waals surface area (Å²) in [6, 6.07) is 4.59. The van der Waals surface area contributed by atoms with Gasteiger partial charge in [0.05, 0.1) is 0 Å². The quantitative estimate of drug-likeness (QED) is 0.790. The zero-order valence-electron chi connectivity index (χ0n) is 10.2. The Morgan fingerprint density at radius 2 is 2.00 bits per heavy atom. The van der Waals surface area contributed by atoms with E-state index in [4.69, 9.17) is 11.5 Å². The molecule has 1 aliphatic rings. The molecule has 0 unspecified atom stereocenters. The third-order valence-corrected chi connectivity index (χ3v) is 3.38. The van der Waals surface area contributed by atoms with Crippen molar-refractivity contribution in [3.8, 4) is 0 Å². The van der Waals surface area contributed by atoms with E-state index in [0.717, 1.165) is 31.5 Å². The number of hydrogen-bond donors (Lipinski definition) is 2. The maximum atomic E-state index is 13.2. The molecule has 1 aromatic rings. The number of benzene rings is 1. The predicted molar refractivity (Wildman–Crippen MR) is 68.0 cm³/mol. The summed E-state index contributed by atoms with van der Waals surface area (Å²) in [6.07, 6.45) is 1.56. The molecule has 0 radical (unpaired) electrons. The van der Waals surface area contributed by atoms with Gasteiger partial charge < -0.3 is 11.5 Å². The van der Waals surface area contributed by atoms with E-state index in [9.17, 15) is 9.18 Å². The van der Waals surface area contributed by atoms with E-state index in [-0.39, 0.29) is 17.6 Å². The van der Waals surface area contributed by atoms with Crippen LogP contribution in [-0.2, 0) is 11.3 Å². The summed E-state index contributed by atoms with van der Waals surface area (Å²) < 4.78 is 13.2. The lowest BCUT2D eigenvalue weighted by Crippen LogP contribution is -2.38. The van der Waals surface area contributed by atoms with Crippen LogP contribution in [0.1, 0.15) is 18.4 Å². The molecule has 0 saturated carbocycles. The second-order valence-electron chi connectivity index (χ2n) is 4.85. The number of nitrogens with zero attached hydrogens (tertiary/aromatic N) is 1. The van der Waals surface area contributed by atoms with E-state index >= 15 is 0 Å². The zero-order chi connectivity index (χ0) is 13.1. The molecule has 4 nitrogen and oxygen atoms in total. The Hall–Kier alpha value is -1.62. The van der Waals surface area contributed by atoms with Crippen LogP contribution in [0.5, 0.6) is 0 Å². The minimum atomic E-state index is -0.308. The number of nitrogens with two attached hydrogens (primary N) is 2. The van der Waals surface area contributed by atoms with Crippen LogP contribution in [0.4, 0.5) is 10.1 Å². The van der Waals surface area contributed by atoms with Crippen LogP contribution < -0.4 is 11.5 Å². The highest BCUT2D eigenvalue weighted by atomic mass is 19.1. The first kappa shape index (κ1) is 12.8. The van der Waals surface area contributed by atoms with Gasteiger partial charge in [0.2, 0.25) is 5.91 Å². The molecular formula is C13H18FN3O. The largest absolute Gasteiger partial charge is 0.399 e. The Bertz CT molecular complexity index is 422. The summed E-state index contributed by atoms with van der Waals surface area (Å²) in [4.78, 5) is 13.2. The molecule has 18 heavy (non-hydrogen) atoms. The SMILES string of the molecule is NC(=O)C1CCN(Cc2cc(N)cc(F)c2)CC1. The molecule has 0 aliphatic carbocycles. The number of hydrogen-bond acceptors (Lipinski definition) is 3. The van der Waals surface area contributed by atoms with Crippen LogP contribution in [0.3, 0.4) is 0 Å². The van der Waals surface area contributed by atoms with E-state index < -0.39 is 0 Å². The molecule has 0 bridgehead atoms. The van der Waals surface area contributed by atoms with Gasteiger partial charge in [-0.1, -0.05) is 0 Å². The highest BCUT2D eigenvalue weighted by molar-refractivity contribution is 5.76. The molecule has 1 saturated heterocycles. The normalized spacial score (nSPS) is 17.8. The van der Waals surface area contributed by atoms with Crippen molar-refractivity contribution in [1.29, 1.82) is 0 Å². The second kappa shape index (κ2) is 5.35. The van der Waals surface area contributed by atoms with Gasteiger partial charge in [-0.2, -0.15) is 0 Å². The number of likely N-dealkylation sites (tertiary alicyclic amines) is 1. The van der Waals surface area contributed by atoms with E-state index in [2.05, 4.69) is 4.90 Å². The van der Waals surface area contributed by atoms with Crippen molar-refractivity contribution in [3.63, 3.8) is 0 Å². The number of carbonyl (C=O) groups is 1. The molecule has 0 spiro atoms. The lowest BCUT2D eigenvalue weighted by molar-refractivity contribution is -0.123. The van der Waals surface area contributed by atoms with Crippen molar-refractivity contribution in [2.24, 2.45) is 11.7 Å². The van der Waals surface area contributed by atoms with E-state index in [0.29, 0.717) is 12.2 Å². The standard InChI is InChI=1S/C13H18FN3O/c14-11-5-9(6-12(15)7-11)8-17-3-1-10(2-4-17)13(16)18/h5-7,10H,1-4,8,15H2,(H2,16,18). The van der Waals surface area contributed by atoms with E-state index in [1.807, 2.05) is 0 Å². The van der Waals surface area contributed by atoms with Crippen molar-refractivity contribution in [1.82, 2.24) is 4.90 Å². The molecule has 0 atom stereocenters. The van der Waals surface area contributed by atoms with E-state index in [1.165, 1.54) is 12.1 Å². The fraction of sp³-hybridized carbons (Fsp3) is 0.462. The fourth-order valence-corrected chi connectivity index (χ4v) is 2.40. The smallest absolute Gasteiger partial charge is 0.220 e. The van der Waals surface area contributed by atoms with Gasteiger partial charge in [0, 0.05) is 18.2 Å². The number of piperidine rings is 1. The van der Waals surface area contributed by atoms with Gasteiger partial charge in [-0.05, 0) is 49.7 Å². The summed E-state index contributed by atoms with van der Waals surface area (Å²) in [5.41, 5.74) is 12.2. The predicted octanol–water partition coefficient (Wildman–Crippen LogP) is 1.11. The Morgan fingerprint density at radius 1 is 1.33 bits per heavy atom. The minimum absolute atomic E-state index is 0.0150. The Labute approximate surface area is 106 Å². The Morgan fingerprint density at radius 3 is 2.56 bits per heavy atom. The van der Waals surface area contributed by atoms with Gasteiger partial charge in [-0.3, -0.25) is 9.69 Å².